The number of benzene rings is 1. The Bertz CT molecular complexity index is 242. The number of hydrogen-bond donors (Lipinski definition) is 1. The van der Waals surface area contributed by atoms with E-state index in [2.05, 4.69) is 0 Å². The molecule has 0 aliphatic carbocycles. The number of aromatic hydroxyl groups is 1. The van der Waals surface area contributed by atoms with E-state index in [9.17, 15) is 10.1 Å². The smallest absolute Gasteiger partial charge is 0.269 e. The van der Waals surface area contributed by atoms with Gasteiger partial charge in [-0.1, -0.05) is 7.43 Å². The molecule has 11 heavy (non-hydrogen) atoms. The van der Waals surface area contributed by atoms with Gasteiger partial charge in [-0.2, -0.15) is 0 Å². The number of phenolic OH excluding ortho intramolecular Hbond substituents is 1. The summed E-state index contributed by atoms with van der Waals surface area (Å²) in [6.07, 6.45) is 0. The zero-order valence-corrected chi connectivity index (χ0v) is 5.02. The maximum Gasteiger partial charge on any atom is 0.269 e. The molecule has 4 nitrogen and oxygen atoms in total. The van der Waals surface area contributed by atoms with Crippen LogP contribution in [0.2, 0.25) is 0 Å². The van der Waals surface area contributed by atoms with Crippen molar-refractivity contribution in [3.05, 3.63) is 34.4 Å². The molecule has 0 unspecified atom stereocenters. The Kier molecular flexibility index (Phi) is 3.04. The predicted molar refractivity (Wildman–Crippen MR) is 41.5 cm³/mol. The van der Waals surface area contributed by atoms with Gasteiger partial charge in [0.15, 0.2) is 0 Å². The third-order valence-electron chi connectivity index (χ3n) is 1.06. The lowest BCUT2D eigenvalue weighted by molar-refractivity contribution is -0.384. The minimum Gasteiger partial charge on any atom is -0.508 e. The van der Waals surface area contributed by atoms with Crippen molar-refractivity contribution in [1.82, 2.24) is 0 Å². The third kappa shape index (κ3) is 2.25. The van der Waals surface area contributed by atoms with E-state index in [1.54, 1.807) is 0 Å². The molecular formula is C7H9NO3. The highest BCUT2D eigenvalue weighted by Crippen LogP contribution is 2.14. The van der Waals surface area contributed by atoms with Crippen molar-refractivity contribution in [2.75, 3.05) is 0 Å². The number of nitro benzene ring substituents is 1. The van der Waals surface area contributed by atoms with Gasteiger partial charge in [0.25, 0.3) is 5.69 Å². The largest absolute Gasteiger partial charge is 0.508 e. The van der Waals surface area contributed by atoms with Gasteiger partial charge >= 0.3 is 0 Å². The van der Waals surface area contributed by atoms with Crippen LogP contribution in [0.4, 0.5) is 5.69 Å². The Hall–Kier alpha value is -1.58. The second kappa shape index (κ2) is 3.55. The summed E-state index contributed by atoms with van der Waals surface area (Å²) in [4.78, 5) is 9.52. The van der Waals surface area contributed by atoms with Crippen LogP contribution in [-0.4, -0.2) is 10.0 Å². The van der Waals surface area contributed by atoms with Crippen LogP contribution in [-0.2, 0) is 0 Å². The first kappa shape index (κ1) is 9.42. The Balaban J connectivity index is 0.000001000. The summed E-state index contributed by atoms with van der Waals surface area (Å²) in [5.74, 6) is 0.0330. The van der Waals surface area contributed by atoms with Gasteiger partial charge in [0.2, 0.25) is 0 Å². The van der Waals surface area contributed by atoms with E-state index in [1.807, 2.05) is 0 Å². The molecule has 0 aliphatic heterocycles. The van der Waals surface area contributed by atoms with Crippen molar-refractivity contribution in [1.29, 1.82) is 0 Å². The van der Waals surface area contributed by atoms with Gasteiger partial charge in [-0.15, -0.1) is 0 Å². The van der Waals surface area contributed by atoms with Crippen LogP contribution in [0.25, 0.3) is 0 Å². The van der Waals surface area contributed by atoms with Gasteiger partial charge in [-0.05, 0) is 12.1 Å². The highest BCUT2D eigenvalue weighted by Gasteiger charge is 2.01. The number of non-ortho nitro benzene ring substituents is 1. The molecule has 1 rings (SSSR count). The number of nitro groups is 1. The molecule has 60 valence electrons. The van der Waals surface area contributed by atoms with E-state index in [4.69, 9.17) is 5.11 Å². The minimum absolute atomic E-state index is 0. The van der Waals surface area contributed by atoms with Crippen molar-refractivity contribution < 1.29 is 10.0 Å². The summed E-state index contributed by atoms with van der Waals surface area (Å²) in [7, 11) is 0. The Morgan fingerprint density at radius 2 is 1.73 bits per heavy atom. The van der Waals surface area contributed by atoms with Crippen molar-refractivity contribution in [2.24, 2.45) is 0 Å². The number of rotatable bonds is 1. The molecule has 0 radical (unpaired) electrons. The van der Waals surface area contributed by atoms with Crippen LogP contribution in [0.5, 0.6) is 5.75 Å². The molecule has 0 aromatic heterocycles. The van der Waals surface area contributed by atoms with Crippen LogP contribution < -0.4 is 0 Å². The second-order valence-electron chi connectivity index (χ2n) is 1.77. The molecule has 1 aromatic carbocycles. The summed E-state index contributed by atoms with van der Waals surface area (Å²) in [5, 5.41) is 18.8. The highest BCUT2D eigenvalue weighted by atomic mass is 16.6. The normalized spacial score (nSPS) is 8.36. The third-order valence-corrected chi connectivity index (χ3v) is 1.06. The first-order valence-corrected chi connectivity index (χ1v) is 2.63. The standard InChI is InChI=1S/C6H5NO3.CH4/c8-6-3-1-5(2-4-6)7(9)10;/h1-4,8H;1H4. The maximum absolute atomic E-state index is 10.0. The molecule has 0 spiro atoms. The van der Waals surface area contributed by atoms with Gasteiger partial charge in [0, 0.05) is 12.1 Å². The van der Waals surface area contributed by atoms with E-state index in [0.29, 0.717) is 0 Å². The highest BCUT2D eigenvalue weighted by molar-refractivity contribution is 5.34. The molecule has 0 saturated heterocycles. The quantitative estimate of drug-likeness (QED) is 0.497. The minimum atomic E-state index is -0.514. The summed E-state index contributed by atoms with van der Waals surface area (Å²) in [6.45, 7) is 0. The van der Waals surface area contributed by atoms with E-state index in [-0.39, 0.29) is 18.9 Å². The Morgan fingerprint density at radius 3 is 2.09 bits per heavy atom. The predicted octanol–water partition coefficient (Wildman–Crippen LogP) is 1.94. The molecule has 0 heterocycles. The second-order valence-corrected chi connectivity index (χ2v) is 1.77. The van der Waals surface area contributed by atoms with Gasteiger partial charge in [-0.25, -0.2) is 0 Å². The SMILES string of the molecule is C.O=[N+]([O-])c1ccc(O)cc1. The fourth-order valence-corrected chi connectivity index (χ4v) is 0.574. The summed E-state index contributed by atoms with van der Waals surface area (Å²) in [6, 6.07) is 5.04. The van der Waals surface area contributed by atoms with Crippen LogP contribution in [0.15, 0.2) is 24.3 Å². The average Bonchev–Trinajstić information content (AvgIpc) is 1.88. The van der Waals surface area contributed by atoms with E-state index in [1.165, 1.54) is 24.3 Å². The molecule has 1 aromatic rings. The Morgan fingerprint density at radius 1 is 1.27 bits per heavy atom. The lowest BCUT2D eigenvalue weighted by Gasteiger charge is -1.89. The summed E-state index contributed by atoms with van der Waals surface area (Å²) >= 11 is 0. The summed E-state index contributed by atoms with van der Waals surface area (Å²) in [5.41, 5.74) is -0.0159. The first-order valence-electron chi connectivity index (χ1n) is 2.63. The van der Waals surface area contributed by atoms with Gasteiger partial charge in [0.05, 0.1) is 4.92 Å². The van der Waals surface area contributed by atoms with E-state index < -0.39 is 4.92 Å². The van der Waals surface area contributed by atoms with Crippen molar-refractivity contribution in [3.63, 3.8) is 0 Å². The van der Waals surface area contributed by atoms with Crippen molar-refractivity contribution >= 4 is 5.69 Å². The van der Waals surface area contributed by atoms with Gasteiger partial charge < -0.3 is 5.11 Å². The molecule has 0 fully saturated rings. The molecule has 4 heteroatoms. The topological polar surface area (TPSA) is 63.4 Å². The fourth-order valence-electron chi connectivity index (χ4n) is 0.574. The molecular weight excluding hydrogens is 146 g/mol. The van der Waals surface area contributed by atoms with Crippen LogP contribution in [0.3, 0.4) is 0 Å². The average molecular weight is 155 g/mol. The van der Waals surface area contributed by atoms with Crippen molar-refractivity contribution in [2.45, 2.75) is 7.43 Å². The van der Waals surface area contributed by atoms with Gasteiger partial charge in [-0.3, -0.25) is 10.1 Å². The zero-order valence-electron chi connectivity index (χ0n) is 5.02. The first-order chi connectivity index (χ1) is 4.70. The van der Waals surface area contributed by atoms with Crippen LogP contribution >= 0.6 is 0 Å². The Labute approximate surface area is 64.2 Å². The number of hydrogen-bond acceptors (Lipinski definition) is 3. The molecule has 0 atom stereocenters. The van der Waals surface area contributed by atoms with E-state index >= 15 is 0 Å². The molecule has 0 saturated carbocycles. The molecule has 1 N–H and O–H groups in total. The lowest BCUT2D eigenvalue weighted by Crippen LogP contribution is -1.85. The molecule has 0 amide bonds. The van der Waals surface area contributed by atoms with Crippen LogP contribution in [0.1, 0.15) is 7.43 Å². The molecule has 0 bridgehead atoms. The lowest BCUT2D eigenvalue weighted by atomic mass is 10.3. The maximum atomic E-state index is 10.0. The number of phenols is 1. The van der Waals surface area contributed by atoms with E-state index in [0.717, 1.165) is 0 Å². The van der Waals surface area contributed by atoms with Crippen molar-refractivity contribution in [3.8, 4) is 5.75 Å². The zero-order chi connectivity index (χ0) is 7.56. The monoisotopic (exact) mass is 155 g/mol. The number of nitrogens with zero attached hydrogens (tertiary/aromatic N) is 1. The fraction of sp³-hybridized carbons (Fsp3) is 0.143. The summed E-state index contributed by atoms with van der Waals surface area (Å²) < 4.78 is 0. The van der Waals surface area contributed by atoms with Gasteiger partial charge in [0.1, 0.15) is 5.75 Å². The molecule has 0 aliphatic rings. The van der Waals surface area contributed by atoms with Crippen LogP contribution in [0, 0.1) is 10.1 Å².